The summed E-state index contributed by atoms with van der Waals surface area (Å²) >= 11 is 0. The van der Waals surface area contributed by atoms with Crippen LogP contribution in [0.25, 0.3) is 21.9 Å². The summed E-state index contributed by atoms with van der Waals surface area (Å²) in [5.41, 5.74) is 3.06. The number of rotatable bonds is 7. The first-order valence-electron chi connectivity index (χ1n) is 17.1. The van der Waals surface area contributed by atoms with Gasteiger partial charge in [-0.05, 0) is 43.5 Å². The van der Waals surface area contributed by atoms with Crippen LogP contribution in [0.4, 0.5) is 5.82 Å². The molecule has 2 aromatic carbocycles. The second-order valence-corrected chi connectivity index (χ2v) is 12.8. The van der Waals surface area contributed by atoms with E-state index in [9.17, 15) is 14.4 Å². The van der Waals surface area contributed by atoms with E-state index in [1.807, 2.05) is 30.3 Å². The number of carbonyl (C=O) groups excluding carboxylic acids is 2. The van der Waals surface area contributed by atoms with Crippen molar-refractivity contribution in [2.45, 2.75) is 45.7 Å². The van der Waals surface area contributed by atoms with Gasteiger partial charge in [0.05, 0.1) is 37.9 Å². The van der Waals surface area contributed by atoms with Crippen LogP contribution in [0, 0.1) is 5.92 Å². The first-order valence-corrected chi connectivity index (χ1v) is 17.1. The molecule has 13 heteroatoms. The number of hydrogen-bond donors (Lipinski definition) is 2. The molecule has 262 valence electrons. The molecule has 2 bridgehead atoms. The zero-order valence-electron chi connectivity index (χ0n) is 28.9. The number of fused-ring (bicyclic) bond motifs is 6. The minimum absolute atomic E-state index is 0.0670. The average Bonchev–Trinajstić information content (AvgIpc) is 3.45. The Morgan fingerprint density at radius 1 is 1.00 bits per heavy atom. The molecule has 49 heavy (non-hydrogen) atoms. The Balaban J connectivity index is 1.31. The standard InChI is InChI=1S/C36H47N7O6/c1-5-40-17-18-41(32(45)13-16-43-29-11-7-6-10-27(29)39-36(43)46)15-12-31(44)37-21-24-9-8-14-42(22-24)35-25(23-40)19-26-28(38-35)20-30(47-2)34(49-4)33(26)48-3/h6-7,10-11,19-20,24H,5,8-9,12-18,21-23H2,1-4H3,(H,37,44)(H,39,46). The predicted octanol–water partition coefficient (Wildman–Crippen LogP) is 3.38. The Hall–Kier alpha value is -4.78. The van der Waals surface area contributed by atoms with Gasteiger partial charge in [0.1, 0.15) is 5.82 Å². The molecule has 6 rings (SSSR count). The highest BCUT2D eigenvalue weighted by Gasteiger charge is 2.27. The van der Waals surface area contributed by atoms with Crippen molar-refractivity contribution < 1.29 is 23.8 Å². The van der Waals surface area contributed by atoms with Crippen molar-refractivity contribution >= 4 is 39.6 Å². The summed E-state index contributed by atoms with van der Waals surface area (Å²) in [6.07, 6.45) is 2.38. The number of aromatic amines is 1. The van der Waals surface area contributed by atoms with Crippen LogP contribution in [0.5, 0.6) is 17.2 Å². The molecule has 13 nitrogen and oxygen atoms in total. The van der Waals surface area contributed by atoms with Crippen LogP contribution < -0.4 is 30.1 Å². The molecule has 2 aliphatic rings. The van der Waals surface area contributed by atoms with E-state index in [1.165, 1.54) is 0 Å². The van der Waals surface area contributed by atoms with Crippen molar-refractivity contribution in [2.75, 3.05) is 72.0 Å². The van der Waals surface area contributed by atoms with Crippen molar-refractivity contribution in [2.24, 2.45) is 5.92 Å². The van der Waals surface area contributed by atoms with Crippen LogP contribution in [0.15, 0.2) is 41.2 Å². The van der Waals surface area contributed by atoms with Gasteiger partial charge in [-0.15, -0.1) is 0 Å². The van der Waals surface area contributed by atoms with Gasteiger partial charge in [0.2, 0.25) is 17.6 Å². The molecular weight excluding hydrogens is 626 g/mol. The van der Waals surface area contributed by atoms with Gasteiger partial charge < -0.3 is 34.3 Å². The lowest BCUT2D eigenvalue weighted by molar-refractivity contribution is -0.132. The molecule has 1 saturated heterocycles. The SMILES string of the molecule is CCN1CCN(C(=O)CCn2c(=O)[nH]c3ccccc32)CCC(=O)NCC2CCCN(C2)c2nc3cc(OC)c(OC)c(OC)c3cc2C1. The maximum atomic E-state index is 13.7. The number of ether oxygens (including phenoxy) is 3. The van der Waals surface area contributed by atoms with E-state index in [2.05, 4.69) is 33.1 Å². The van der Waals surface area contributed by atoms with Crippen molar-refractivity contribution in [3.63, 3.8) is 0 Å². The minimum atomic E-state index is -0.240. The molecule has 1 unspecified atom stereocenters. The van der Waals surface area contributed by atoms with E-state index >= 15 is 0 Å². The second-order valence-electron chi connectivity index (χ2n) is 12.8. The van der Waals surface area contributed by atoms with E-state index < -0.39 is 0 Å². The van der Waals surface area contributed by atoms with Crippen molar-refractivity contribution in [3.05, 3.63) is 52.4 Å². The van der Waals surface area contributed by atoms with Gasteiger partial charge >= 0.3 is 5.69 Å². The number of aryl methyl sites for hydroxylation is 1. The number of pyridine rings is 1. The van der Waals surface area contributed by atoms with Crippen LogP contribution in [0.2, 0.25) is 0 Å². The number of para-hydroxylation sites is 2. The first-order chi connectivity index (χ1) is 23.8. The van der Waals surface area contributed by atoms with Gasteiger partial charge in [0.15, 0.2) is 11.5 Å². The highest BCUT2D eigenvalue weighted by Crippen LogP contribution is 2.44. The van der Waals surface area contributed by atoms with Crippen LogP contribution >= 0.6 is 0 Å². The average molecular weight is 674 g/mol. The molecule has 2 aliphatic heterocycles. The highest BCUT2D eigenvalue weighted by molar-refractivity contribution is 5.92. The smallest absolute Gasteiger partial charge is 0.326 e. The number of nitrogens with zero attached hydrogens (tertiary/aromatic N) is 5. The third-order valence-electron chi connectivity index (χ3n) is 9.80. The van der Waals surface area contributed by atoms with Crippen LogP contribution in [-0.4, -0.2) is 103 Å². The third kappa shape index (κ3) is 7.31. The van der Waals surface area contributed by atoms with Crippen molar-refractivity contribution in [3.8, 4) is 17.2 Å². The number of nitrogens with one attached hydrogen (secondary N) is 2. The summed E-state index contributed by atoms with van der Waals surface area (Å²) < 4.78 is 18.8. The fourth-order valence-corrected chi connectivity index (χ4v) is 7.13. The first kappa shape index (κ1) is 34.1. The molecule has 2 amide bonds. The Morgan fingerprint density at radius 2 is 1.82 bits per heavy atom. The molecule has 0 spiro atoms. The largest absolute Gasteiger partial charge is 0.493 e. The Morgan fingerprint density at radius 3 is 2.59 bits per heavy atom. The van der Waals surface area contributed by atoms with Crippen molar-refractivity contribution in [1.82, 2.24) is 29.7 Å². The highest BCUT2D eigenvalue weighted by atomic mass is 16.5. The number of amides is 2. The number of hydrogen-bond acceptors (Lipinski definition) is 9. The summed E-state index contributed by atoms with van der Waals surface area (Å²) in [6.45, 7) is 7.28. The maximum absolute atomic E-state index is 13.7. The van der Waals surface area contributed by atoms with E-state index in [-0.39, 0.29) is 42.8 Å². The molecular formula is C36H47N7O6. The van der Waals surface area contributed by atoms with Gasteiger partial charge in [0.25, 0.3) is 0 Å². The van der Waals surface area contributed by atoms with E-state index in [0.717, 1.165) is 65.8 Å². The summed E-state index contributed by atoms with van der Waals surface area (Å²) in [4.78, 5) is 53.9. The van der Waals surface area contributed by atoms with E-state index in [1.54, 1.807) is 30.8 Å². The fraction of sp³-hybridized carbons (Fsp3) is 0.500. The normalized spacial score (nSPS) is 18.0. The molecule has 2 N–H and O–H groups in total. The molecule has 1 atom stereocenters. The number of piperidine rings is 1. The number of H-pyrrole nitrogens is 1. The van der Waals surface area contributed by atoms with Crippen LogP contribution in [0.3, 0.4) is 0 Å². The molecule has 4 heterocycles. The molecule has 0 saturated carbocycles. The van der Waals surface area contributed by atoms with Gasteiger partial charge in [0, 0.05) is 82.2 Å². The van der Waals surface area contributed by atoms with Gasteiger partial charge in [-0.1, -0.05) is 19.1 Å². The molecule has 4 aromatic rings. The summed E-state index contributed by atoms with van der Waals surface area (Å²) in [5, 5.41) is 3.97. The molecule has 2 aromatic heterocycles. The number of methoxy groups -OCH3 is 3. The predicted molar refractivity (Wildman–Crippen MR) is 189 cm³/mol. The summed E-state index contributed by atoms with van der Waals surface area (Å²) in [5.74, 6) is 2.64. The van der Waals surface area contributed by atoms with Gasteiger partial charge in [-0.2, -0.15) is 0 Å². The Labute approximate surface area is 286 Å². The van der Waals surface area contributed by atoms with Crippen LogP contribution in [-0.2, 0) is 22.7 Å². The summed E-state index contributed by atoms with van der Waals surface area (Å²) in [7, 11) is 4.82. The number of anilines is 1. The van der Waals surface area contributed by atoms with Crippen molar-refractivity contribution in [1.29, 1.82) is 0 Å². The zero-order valence-corrected chi connectivity index (χ0v) is 28.9. The maximum Gasteiger partial charge on any atom is 0.326 e. The number of aromatic nitrogens is 3. The topological polar surface area (TPSA) is 134 Å². The Kier molecular flexibility index (Phi) is 10.6. The number of imidazole rings is 1. The molecule has 1 fully saturated rings. The lowest BCUT2D eigenvalue weighted by Gasteiger charge is -2.35. The number of benzene rings is 2. The van der Waals surface area contributed by atoms with E-state index in [0.29, 0.717) is 50.0 Å². The lowest BCUT2D eigenvalue weighted by Crippen LogP contribution is -2.42. The van der Waals surface area contributed by atoms with Gasteiger partial charge in [-0.3, -0.25) is 19.1 Å². The monoisotopic (exact) mass is 673 g/mol. The molecule has 0 radical (unpaired) electrons. The summed E-state index contributed by atoms with van der Waals surface area (Å²) in [6, 6.07) is 11.5. The zero-order chi connectivity index (χ0) is 34.5. The number of likely N-dealkylation sites (N-methyl/N-ethyl adjacent to an activating group) is 1. The minimum Gasteiger partial charge on any atom is -0.493 e. The quantitative estimate of drug-likeness (QED) is 0.303. The second kappa shape index (κ2) is 15.2. The lowest BCUT2D eigenvalue weighted by atomic mass is 9.97. The molecule has 0 aliphatic carbocycles. The Bertz CT molecular complexity index is 1870. The fourth-order valence-electron chi connectivity index (χ4n) is 7.13. The van der Waals surface area contributed by atoms with Crippen LogP contribution in [0.1, 0.15) is 38.2 Å². The third-order valence-corrected chi connectivity index (χ3v) is 9.80. The van der Waals surface area contributed by atoms with E-state index in [4.69, 9.17) is 19.2 Å². The van der Waals surface area contributed by atoms with Gasteiger partial charge in [-0.25, -0.2) is 9.78 Å². The number of carbonyl (C=O) groups is 2.